The number of hydrogen-bond donors (Lipinski definition) is 0. The number of furan rings is 1. The summed E-state index contributed by atoms with van der Waals surface area (Å²) in [7, 11) is 0. The summed E-state index contributed by atoms with van der Waals surface area (Å²) in [5, 5.41) is 10.9. The maximum absolute atomic E-state index is 10.4. The van der Waals surface area contributed by atoms with Gasteiger partial charge in [0.05, 0.1) is 22.6 Å². The van der Waals surface area contributed by atoms with E-state index in [9.17, 15) is 10.1 Å². The van der Waals surface area contributed by atoms with Crippen LogP contribution in [-0.2, 0) is 0 Å². The zero-order valence-electron chi connectivity index (χ0n) is 5.98. The lowest BCUT2D eigenvalue weighted by molar-refractivity contribution is -0.383. The maximum Gasteiger partial charge on any atom is 0.288 e. The average molecular weight is 162 g/mol. The molecule has 59 valence electrons. The number of benzene rings is 1. The minimum absolute atomic E-state index is 0.0405. The van der Waals surface area contributed by atoms with Crippen molar-refractivity contribution in [3.63, 3.8) is 0 Å². The average Bonchev–Trinajstić information content (AvgIpc) is 2.49. The van der Waals surface area contributed by atoms with Gasteiger partial charge in [-0.05, 0) is 18.2 Å². The summed E-state index contributed by atoms with van der Waals surface area (Å²) in [5.41, 5.74) is 0.474. The summed E-state index contributed by atoms with van der Waals surface area (Å²) < 4.78 is 4.98. The Bertz CT molecular complexity index is 433. The molecule has 2 rings (SSSR count). The number of fused-ring (bicyclic) bond motifs is 1. The standard InChI is InChI=1S/C8H4NO3/c10-9(11)7-2-1-3-8-6(7)4-5-12-8/h1,3-5H. The van der Waals surface area contributed by atoms with Crippen LogP contribution in [0, 0.1) is 16.2 Å². The van der Waals surface area contributed by atoms with Gasteiger partial charge in [0.1, 0.15) is 5.58 Å². The predicted molar refractivity (Wildman–Crippen MR) is 41.7 cm³/mol. The monoisotopic (exact) mass is 162 g/mol. The van der Waals surface area contributed by atoms with Gasteiger partial charge in [0.2, 0.25) is 0 Å². The van der Waals surface area contributed by atoms with Gasteiger partial charge in [-0.1, -0.05) is 0 Å². The third kappa shape index (κ3) is 0.852. The lowest BCUT2D eigenvalue weighted by Crippen LogP contribution is -1.87. The fourth-order valence-corrected chi connectivity index (χ4v) is 1.07. The normalized spacial score (nSPS) is 10.3. The van der Waals surface area contributed by atoms with Gasteiger partial charge in [0, 0.05) is 0 Å². The summed E-state index contributed by atoms with van der Waals surface area (Å²) in [6.45, 7) is 0. The quantitative estimate of drug-likeness (QED) is 0.476. The lowest BCUT2D eigenvalue weighted by atomic mass is 10.2. The highest BCUT2D eigenvalue weighted by Gasteiger charge is 2.12. The molecule has 0 aliphatic carbocycles. The van der Waals surface area contributed by atoms with Gasteiger partial charge in [-0.3, -0.25) is 10.1 Å². The van der Waals surface area contributed by atoms with E-state index in [1.165, 1.54) is 12.3 Å². The van der Waals surface area contributed by atoms with Gasteiger partial charge in [0.25, 0.3) is 5.69 Å². The van der Waals surface area contributed by atoms with Crippen molar-refractivity contribution in [2.75, 3.05) is 0 Å². The first-order valence-corrected chi connectivity index (χ1v) is 3.31. The molecule has 4 nitrogen and oxygen atoms in total. The van der Waals surface area contributed by atoms with Crippen molar-refractivity contribution in [2.24, 2.45) is 0 Å². The highest BCUT2D eigenvalue weighted by molar-refractivity contribution is 5.86. The van der Waals surface area contributed by atoms with Crippen molar-refractivity contribution in [3.05, 3.63) is 40.6 Å². The number of rotatable bonds is 1. The molecule has 0 atom stereocenters. The summed E-state index contributed by atoms with van der Waals surface area (Å²) >= 11 is 0. The lowest BCUT2D eigenvalue weighted by Gasteiger charge is -1.89. The minimum atomic E-state index is -0.474. The second-order valence-electron chi connectivity index (χ2n) is 2.28. The first kappa shape index (κ1) is 6.84. The van der Waals surface area contributed by atoms with Crippen LogP contribution in [0.2, 0.25) is 0 Å². The largest absolute Gasteiger partial charge is 0.464 e. The molecule has 0 unspecified atom stereocenters. The zero-order valence-corrected chi connectivity index (χ0v) is 5.98. The smallest absolute Gasteiger partial charge is 0.288 e. The fourth-order valence-electron chi connectivity index (χ4n) is 1.07. The number of nitrogens with zero attached hydrogens (tertiary/aromatic N) is 1. The van der Waals surface area contributed by atoms with E-state index in [2.05, 4.69) is 6.07 Å². The third-order valence-corrected chi connectivity index (χ3v) is 1.59. The molecule has 0 aliphatic rings. The van der Waals surface area contributed by atoms with Gasteiger partial charge in [-0.15, -0.1) is 0 Å². The summed E-state index contributed by atoms with van der Waals surface area (Å²) in [6, 6.07) is 7.21. The Hall–Kier alpha value is -1.84. The van der Waals surface area contributed by atoms with Crippen molar-refractivity contribution in [2.45, 2.75) is 0 Å². The zero-order chi connectivity index (χ0) is 8.55. The van der Waals surface area contributed by atoms with Gasteiger partial charge in [-0.2, -0.15) is 0 Å². The molecular formula is C8H4NO3. The first-order chi connectivity index (χ1) is 5.79. The number of nitro benzene ring substituents is 1. The molecule has 2 aromatic rings. The van der Waals surface area contributed by atoms with Crippen LogP contribution in [0.15, 0.2) is 28.9 Å². The van der Waals surface area contributed by atoms with Crippen LogP contribution in [0.5, 0.6) is 0 Å². The second-order valence-corrected chi connectivity index (χ2v) is 2.28. The van der Waals surface area contributed by atoms with E-state index < -0.39 is 4.92 Å². The topological polar surface area (TPSA) is 56.3 Å². The molecule has 0 N–H and O–H groups in total. The van der Waals surface area contributed by atoms with Gasteiger partial charge in [-0.25, -0.2) is 0 Å². The minimum Gasteiger partial charge on any atom is -0.464 e. The molecule has 0 aliphatic heterocycles. The van der Waals surface area contributed by atoms with E-state index in [-0.39, 0.29) is 5.69 Å². The second kappa shape index (κ2) is 2.34. The van der Waals surface area contributed by atoms with E-state index in [1.54, 1.807) is 12.1 Å². The Balaban J connectivity index is 2.82. The Morgan fingerprint density at radius 1 is 1.50 bits per heavy atom. The highest BCUT2D eigenvalue weighted by Crippen LogP contribution is 2.24. The Kier molecular flexibility index (Phi) is 1.33. The van der Waals surface area contributed by atoms with Crippen LogP contribution < -0.4 is 0 Å². The maximum atomic E-state index is 10.4. The molecule has 1 radical (unpaired) electrons. The Labute approximate surface area is 67.6 Å². The molecule has 1 heterocycles. The predicted octanol–water partition coefficient (Wildman–Crippen LogP) is 2.14. The highest BCUT2D eigenvalue weighted by atomic mass is 16.6. The molecule has 0 saturated carbocycles. The Morgan fingerprint density at radius 2 is 2.33 bits per heavy atom. The van der Waals surface area contributed by atoms with Crippen LogP contribution in [-0.4, -0.2) is 4.92 Å². The Morgan fingerprint density at radius 3 is 3.08 bits per heavy atom. The van der Waals surface area contributed by atoms with E-state index in [0.29, 0.717) is 11.0 Å². The summed E-state index contributed by atoms with van der Waals surface area (Å²) in [6.07, 6.45) is 1.42. The number of non-ortho nitro benzene ring substituents is 1. The van der Waals surface area contributed by atoms with Crippen molar-refractivity contribution in [3.8, 4) is 0 Å². The van der Waals surface area contributed by atoms with Gasteiger partial charge < -0.3 is 4.42 Å². The molecule has 1 aromatic carbocycles. The van der Waals surface area contributed by atoms with Crippen LogP contribution in [0.3, 0.4) is 0 Å². The van der Waals surface area contributed by atoms with E-state index in [0.717, 1.165) is 0 Å². The van der Waals surface area contributed by atoms with Crippen molar-refractivity contribution >= 4 is 16.7 Å². The molecule has 1 aromatic heterocycles. The summed E-state index contributed by atoms with van der Waals surface area (Å²) in [4.78, 5) is 9.97. The summed E-state index contributed by atoms with van der Waals surface area (Å²) in [5.74, 6) is 0. The van der Waals surface area contributed by atoms with E-state index in [4.69, 9.17) is 4.42 Å². The molecule has 12 heavy (non-hydrogen) atoms. The van der Waals surface area contributed by atoms with Gasteiger partial charge in [0.15, 0.2) is 0 Å². The van der Waals surface area contributed by atoms with Gasteiger partial charge >= 0.3 is 0 Å². The van der Waals surface area contributed by atoms with Crippen LogP contribution in [0.1, 0.15) is 0 Å². The third-order valence-electron chi connectivity index (χ3n) is 1.59. The SMILES string of the molecule is O=[N+]([O-])c1[c]ccc2occc12. The van der Waals surface area contributed by atoms with Crippen molar-refractivity contribution in [1.29, 1.82) is 0 Å². The molecule has 4 heteroatoms. The molecular weight excluding hydrogens is 158 g/mol. The fraction of sp³-hybridized carbons (Fsp3) is 0. The van der Waals surface area contributed by atoms with Crippen molar-refractivity contribution < 1.29 is 9.34 Å². The number of nitro groups is 1. The van der Waals surface area contributed by atoms with Crippen LogP contribution in [0.4, 0.5) is 5.69 Å². The molecule has 0 amide bonds. The van der Waals surface area contributed by atoms with Crippen molar-refractivity contribution in [1.82, 2.24) is 0 Å². The van der Waals surface area contributed by atoms with Crippen LogP contribution >= 0.6 is 0 Å². The first-order valence-electron chi connectivity index (χ1n) is 3.31. The van der Waals surface area contributed by atoms with E-state index in [1.807, 2.05) is 0 Å². The molecule has 0 bridgehead atoms. The molecule has 0 fully saturated rings. The molecule has 0 saturated heterocycles. The number of hydrogen-bond acceptors (Lipinski definition) is 3. The molecule has 0 spiro atoms. The van der Waals surface area contributed by atoms with E-state index >= 15 is 0 Å². The van der Waals surface area contributed by atoms with Crippen LogP contribution in [0.25, 0.3) is 11.0 Å².